The fraction of sp³-hybridized carbons (Fsp3) is 0.152. The van der Waals surface area contributed by atoms with Crippen LogP contribution in [0.2, 0.25) is 0 Å². The summed E-state index contributed by atoms with van der Waals surface area (Å²) in [5.74, 6) is -0.379. The van der Waals surface area contributed by atoms with Crippen molar-refractivity contribution in [2.24, 2.45) is 0 Å². The molecule has 0 aliphatic heterocycles. The largest absolute Gasteiger partial charge is 0.375 e. The molecule has 0 radical (unpaired) electrons. The molecule has 0 saturated heterocycles. The van der Waals surface area contributed by atoms with Gasteiger partial charge in [-0.3, -0.25) is 14.6 Å². The van der Waals surface area contributed by atoms with Crippen LogP contribution in [0.25, 0.3) is 11.3 Å². The first kappa shape index (κ1) is 27.7. The molecule has 41 heavy (non-hydrogen) atoms. The van der Waals surface area contributed by atoms with Crippen molar-refractivity contribution in [3.63, 3.8) is 0 Å². The number of aromatic nitrogens is 2. The predicted molar refractivity (Wildman–Crippen MR) is 163 cm³/mol. The van der Waals surface area contributed by atoms with Gasteiger partial charge in [0.25, 0.3) is 5.91 Å². The second-order valence-corrected chi connectivity index (χ2v) is 10.7. The first-order chi connectivity index (χ1) is 20.0. The number of benzene rings is 3. The van der Waals surface area contributed by atoms with Gasteiger partial charge in [-0.1, -0.05) is 78.9 Å². The van der Waals surface area contributed by atoms with Crippen LogP contribution >= 0.6 is 11.3 Å². The summed E-state index contributed by atoms with van der Waals surface area (Å²) < 4.78 is 0. The molecule has 1 atom stereocenters. The lowest BCUT2D eigenvalue weighted by Gasteiger charge is -2.32. The lowest BCUT2D eigenvalue weighted by Crippen LogP contribution is -2.43. The van der Waals surface area contributed by atoms with Gasteiger partial charge in [0.2, 0.25) is 5.91 Å². The van der Waals surface area contributed by atoms with Crippen LogP contribution in [0.1, 0.15) is 40.0 Å². The van der Waals surface area contributed by atoms with Gasteiger partial charge in [-0.05, 0) is 41.8 Å². The minimum Gasteiger partial charge on any atom is -0.375 e. The summed E-state index contributed by atoms with van der Waals surface area (Å²) in [7, 11) is 0. The topological polar surface area (TPSA) is 92.4 Å². The minimum atomic E-state index is -0.237. The molecule has 5 aromatic rings. The van der Waals surface area contributed by atoms with Crippen molar-refractivity contribution >= 4 is 28.3 Å². The fourth-order valence-electron chi connectivity index (χ4n) is 4.68. The number of carbonyl (C=O) groups is 2. The number of nitrogen functional groups attached to an aromatic ring is 1. The van der Waals surface area contributed by atoms with Crippen LogP contribution in [0.15, 0.2) is 115 Å². The van der Waals surface area contributed by atoms with Gasteiger partial charge in [0.05, 0.1) is 11.7 Å². The quantitative estimate of drug-likeness (QED) is 0.219. The molecule has 3 aromatic carbocycles. The number of amides is 2. The van der Waals surface area contributed by atoms with E-state index < -0.39 is 0 Å². The van der Waals surface area contributed by atoms with E-state index in [9.17, 15) is 9.59 Å². The van der Waals surface area contributed by atoms with E-state index in [-0.39, 0.29) is 30.9 Å². The van der Waals surface area contributed by atoms with Crippen LogP contribution < -0.4 is 5.73 Å². The van der Waals surface area contributed by atoms with Crippen LogP contribution in [0.5, 0.6) is 0 Å². The van der Waals surface area contributed by atoms with E-state index in [1.807, 2.05) is 102 Å². The first-order valence-electron chi connectivity index (χ1n) is 13.4. The number of hydrogen-bond acceptors (Lipinski definition) is 6. The summed E-state index contributed by atoms with van der Waals surface area (Å²) >= 11 is 1.37. The van der Waals surface area contributed by atoms with Crippen molar-refractivity contribution in [1.29, 1.82) is 0 Å². The van der Waals surface area contributed by atoms with Gasteiger partial charge in [-0.15, -0.1) is 11.3 Å². The number of thiazole rings is 1. The lowest BCUT2D eigenvalue weighted by atomic mass is 10.1. The number of nitrogens with two attached hydrogens (primary N) is 1. The van der Waals surface area contributed by atoms with E-state index in [0.717, 1.165) is 27.9 Å². The van der Waals surface area contributed by atoms with Gasteiger partial charge in [0.1, 0.15) is 6.54 Å². The molecular formula is C33H31N5O2S. The van der Waals surface area contributed by atoms with E-state index in [4.69, 9.17) is 5.73 Å². The Kier molecular flexibility index (Phi) is 8.81. The van der Waals surface area contributed by atoms with Crippen molar-refractivity contribution in [2.45, 2.75) is 26.1 Å². The lowest BCUT2D eigenvalue weighted by molar-refractivity contribution is -0.135. The highest BCUT2D eigenvalue weighted by Gasteiger charge is 2.26. The van der Waals surface area contributed by atoms with Crippen LogP contribution in [0.3, 0.4) is 0 Å². The van der Waals surface area contributed by atoms with E-state index >= 15 is 0 Å². The second-order valence-electron chi connectivity index (χ2n) is 9.76. The Hall–Kier alpha value is -4.82. The van der Waals surface area contributed by atoms with Crippen molar-refractivity contribution in [1.82, 2.24) is 19.8 Å². The molecule has 2 heterocycles. The highest BCUT2D eigenvalue weighted by molar-refractivity contribution is 7.13. The number of nitrogens with zero attached hydrogens (tertiary/aromatic N) is 4. The molecule has 0 spiro atoms. The summed E-state index contributed by atoms with van der Waals surface area (Å²) in [5.41, 5.74) is 10.8. The van der Waals surface area contributed by atoms with Crippen LogP contribution in [-0.2, 0) is 17.9 Å². The molecule has 5 rings (SSSR count). The standard InChI is InChI=1S/C33H31N5O2S/c1-24(27-12-6-3-7-13-27)38(21-25-9-4-2-5-10-25)31(39)22-37(20-26-11-8-18-35-19-26)32(40)29-16-14-28(15-17-29)30-23-41-33(34)36-30/h2-19,23-24H,20-22H2,1H3,(H2,34,36)/t24-/m0/s1. The van der Waals surface area contributed by atoms with Gasteiger partial charge in [-0.2, -0.15) is 0 Å². The maximum Gasteiger partial charge on any atom is 0.254 e. The molecule has 2 aromatic heterocycles. The van der Waals surface area contributed by atoms with Crippen molar-refractivity contribution < 1.29 is 9.59 Å². The molecule has 2 N–H and O–H groups in total. The zero-order chi connectivity index (χ0) is 28.6. The number of pyridine rings is 1. The number of rotatable bonds is 10. The molecule has 0 aliphatic carbocycles. The van der Waals surface area contributed by atoms with E-state index in [0.29, 0.717) is 17.2 Å². The normalized spacial score (nSPS) is 11.5. The van der Waals surface area contributed by atoms with Gasteiger partial charge in [-0.25, -0.2) is 4.98 Å². The Morgan fingerprint density at radius 1 is 0.854 bits per heavy atom. The monoisotopic (exact) mass is 561 g/mol. The maximum absolute atomic E-state index is 14.0. The molecule has 8 heteroatoms. The van der Waals surface area contributed by atoms with Crippen molar-refractivity contribution in [3.05, 3.63) is 137 Å². The fourth-order valence-corrected chi connectivity index (χ4v) is 5.26. The Morgan fingerprint density at radius 2 is 1.54 bits per heavy atom. The Bertz CT molecular complexity index is 1570. The molecule has 206 valence electrons. The van der Waals surface area contributed by atoms with Gasteiger partial charge >= 0.3 is 0 Å². The smallest absolute Gasteiger partial charge is 0.254 e. The summed E-state index contributed by atoms with van der Waals surface area (Å²) in [4.78, 5) is 39.9. The van der Waals surface area contributed by atoms with E-state index in [2.05, 4.69) is 9.97 Å². The van der Waals surface area contributed by atoms with Gasteiger partial charge < -0.3 is 15.5 Å². The number of hydrogen-bond donors (Lipinski definition) is 1. The van der Waals surface area contributed by atoms with E-state index in [1.165, 1.54) is 11.3 Å². The molecule has 0 saturated carbocycles. The highest BCUT2D eigenvalue weighted by Crippen LogP contribution is 2.25. The van der Waals surface area contributed by atoms with E-state index in [1.54, 1.807) is 29.4 Å². The zero-order valence-corrected chi connectivity index (χ0v) is 23.6. The second kappa shape index (κ2) is 13.0. The Morgan fingerprint density at radius 3 is 2.17 bits per heavy atom. The summed E-state index contributed by atoms with van der Waals surface area (Å²) in [6.45, 7) is 2.62. The average molecular weight is 562 g/mol. The molecule has 0 unspecified atom stereocenters. The number of anilines is 1. The first-order valence-corrected chi connectivity index (χ1v) is 14.2. The molecule has 0 bridgehead atoms. The average Bonchev–Trinajstić information content (AvgIpc) is 3.46. The molecule has 0 fully saturated rings. The van der Waals surface area contributed by atoms with Crippen LogP contribution in [0.4, 0.5) is 5.13 Å². The van der Waals surface area contributed by atoms with Gasteiger partial charge in [0.15, 0.2) is 5.13 Å². The highest BCUT2D eigenvalue weighted by atomic mass is 32.1. The zero-order valence-electron chi connectivity index (χ0n) is 22.8. The Labute approximate surface area is 243 Å². The third-order valence-electron chi connectivity index (χ3n) is 6.92. The SMILES string of the molecule is C[C@@H](c1ccccc1)N(Cc1ccccc1)C(=O)CN(Cc1cccnc1)C(=O)c1ccc(-c2csc(N)n2)cc1. The molecule has 7 nitrogen and oxygen atoms in total. The maximum atomic E-state index is 14.0. The third kappa shape index (κ3) is 7.04. The van der Waals surface area contributed by atoms with Crippen LogP contribution in [0, 0.1) is 0 Å². The number of carbonyl (C=O) groups excluding carboxylic acids is 2. The summed E-state index contributed by atoms with van der Waals surface area (Å²) in [6, 6.07) is 30.6. The molecule has 0 aliphatic rings. The van der Waals surface area contributed by atoms with Crippen molar-refractivity contribution in [3.8, 4) is 11.3 Å². The molecule has 2 amide bonds. The van der Waals surface area contributed by atoms with Crippen molar-refractivity contribution in [2.75, 3.05) is 12.3 Å². The third-order valence-corrected chi connectivity index (χ3v) is 7.60. The molecular weight excluding hydrogens is 530 g/mol. The van der Waals surface area contributed by atoms with Crippen LogP contribution in [-0.4, -0.2) is 38.1 Å². The van der Waals surface area contributed by atoms with Gasteiger partial charge in [0, 0.05) is 42.0 Å². The summed E-state index contributed by atoms with van der Waals surface area (Å²) in [6.07, 6.45) is 3.41. The predicted octanol–water partition coefficient (Wildman–Crippen LogP) is 6.22. The Balaban J connectivity index is 1.42. The minimum absolute atomic E-state index is 0.0812. The summed E-state index contributed by atoms with van der Waals surface area (Å²) in [5, 5.41) is 2.38.